The molecule has 1 N–H and O–H groups in total. The van der Waals surface area contributed by atoms with Gasteiger partial charge in [0.1, 0.15) is 17.7 Å². The normalized spacial score (nSPS) is 37.3. The molecule has 1 aromatic heterocycles. The highest BCUT2D eigenvalue weighted by molar-refractivity contribution is 7.13. The first kappa shape index (κ1) is 23.9. The molecule has 7 nitrogen and oxygen atoms in total. The molecule has 2 bridgehead atoms. The molecular weight excluding hydrogens is 482 g/mol. The van der Waals surface area contributed by atoms with E-state index in [1.54, 1.807) is 16.1 Å². The maximum absolute atomic E-state index is 13.6. The van der Waals surface area contributed by atoms with Crippen LogP contribution >= 0.6 is 11.5 Å². The number of aromatic nitrogens is 1. The lowest BCUT2D eigenvalue weighted by Gasteiger charge is -2.38. The lowest BCUT2D eigenvalue weighted by atomic mass is 9.77. The quantitative estimate of drug-likeness (QED) is 0.482. The van der Waals surface area contributed by atoms with Gasteiger partial charge in [0, 0.05) is 49.6 Å². The molecular formula is C29H38N5O2S+. The van der Waals surface area contributed by atoms with E-state index in [2.05, 4.69) is 45.6 Å². The van der Waals surface area contributed by atoms with Gasteiger partial charge in [0.05, 0.1) is 4.70 Å². The van der Waals surface area contributed by atoms with Crippen LogP contribution in [0.15, 0.2) is 24.3 Å². The second-order valence-electron chi connectivity index (χ2n) is 12.1. The lowest BCUT2D eigenvalue weighted by Crippen LogP contribution is -2.49. The van der Waals surface area contributed by atoms with Crippen molar-refractivity contribution in [1.29, 1.82) is 0 Å². The topological polar surface area (TPSA) is 68.6 Å². The molecule has 37 heavy (non-hydrogen) atoms. The largest absolute Gasteiger partial charge is 0.400 e. The SMILES string of the molecule is CNC12CCC(C1)C1C(=O)[N+](=CC3CCCCC3CN3CCN(c4nsc5ccccc45)CC3)C(=O)C12. The monoisotopic (exact) mass is 520 g/mol. The van der Waals surface area contributed by atoms with Crippen molar-refractivity contribution in [2.75, 3.05) is 44.7 Å². The number of benzene rings is 1. The molecule has 3 aliphatic carbocycles. The number of carbonyl (C=O) groups is 2. The minimum absolute atomic E-state index is 0.0694. The number of fused-ring (bicyclic) bond motifs is 6. The van der Waals surface area contributed by atoms with Crippen molar-refractivity contribution in [3.8, 4) is 0 Å². The Labute approximate surface area is 223 Å². The maximum Gasteiger partial charge on any atom is 0.400 e. The molecule has 3 saturated carbocycles. The molecule has 8 heteroatoms. The van der Waals surface area contributed by atoms with Crippen LogP contribution in [-0.2, 0) is 9.59 Å². The molecule has 5 fully saturated rings. The first-order valence-corrected chi connectivity index (χ1v) is 15.1. The number of imide groups is 1. The van der Waals surface area contributed by atoms with Gasteiger partial charge in [-0.1, -0.05) is 25.0 Å². The molecule has 6 unspecified atom stereocenters. The van der Waals surface area contributed by atoms with Gasteiger partial charge in [-0.25, -0.2) is 9.59 Å². The van der Waals surface area contributed by atoms with E-state index < -0.39 is 0 Å². The Morgan fingerprint density at radius 1 is 1.11 bits per heavy atom. The molecule has 2 aromatic rings. The molecule has 1 aromatic carbocycles. The highest BCUT2D eigenvalue weighted by atomic mass is 32.1. The van der Waals surface area contributed by atoms with Gasteiger partial charge in [-0.3, -0.25) is 4.90 Å². The van der Waals surface area contributed by atoms with E-state index in [4.69, 9.17) is 4.37 Å². The number of rotatable bonds is 5. The zero-order valence-electron chi connectivity index (χ0n) is 21.8. The summed E-state index contributed by atoms with van der Waals surface area (Å²) in [4.78, 5) is 32.1. The van der Waals surface area contributed by atoms with Crippen molar-refractivity contribution in [2.45, 2.75) is 50.5 Å². The van der Waals surface area contributed by atoms with Crippen molar-refractivity contribution < 1.29 is 14.2 Å². The van der Waals surface area contributed by atoms with E-state index in [9.17, 15) is 9.59 Å². The average molecular weight is 521 g/mol. The maximum atomic E-state index is 13.6. The van der Waals surface area contributed by atoms with Crippen molar-refractivity contribution in [3.05, 3.63) is 24.3 Å². The zero-order valence-corrected chi connectivity index (χ0v) is 22.6. The summed E-state index contributed by atoms with van der Waals surface area (Å²) in [5.41, 5.74) is -0.154. The second kappa shape index (κ2) is 9.24. The van der Waals surface area contributed by atoms with E-state index in [1.165, 1.54) is 29.3 Å². The van der Waals surface area contributed by atoms with Gasteiger partial charge < -0.3 is 10.2 Å². The molecule has 2 amide bonds. The van der Waals surface area contributed by atoms with Crippen LogP contribution < -0.4 is 10.2 Å². The van der Waals surface area contributed by atoms with Gasteiger partial charge in [0.2, 0.25) is 0 Å². The number of nitrogens with one attached hydrogen (secondary N) is 1. The van der Waals surface area contributed by atoms with E-state index in [0.29, 0.717) is 17.8 Å². The van der Waals surface area contributed by atoms with E-state index in [1.807, 2.05) is 7.05 Å². The van der Waals surface area contributed by atoms with Gasteiger partial charge in [-0.05, 0) is 74.7 Å². The minimum Gasteiger partial charge on any atom is -0.353 e. The fourth-order valence-electron chi connectivity index (χ4n) is 8.43. The predicted octanol–water partition coefficient (Wildman–Crippen LogP) is 3.38. The fraction of sp³-hybridized carbons (Fsp3) is 0.655. The summed E-state index contributed by atoms with van der Waals surface area (Å²) in [6.45, 7) is 5.11. The summed E-state index contributed by atoms with van der Waals surface area (Å²) < 4.78 is 7.61. The third-order valence-corrected chi connectivity index (χ3v) is 11.2. The molecule has 0 spiro atoms. The molecule has 2 aliphatic heterocycles. The number of amides is 2. The minimum atomic E-state index is -0.156. The van der Waals surface area contributed by atoms with Gasteiger partial charge in [-0.15, -0.1) is 4.58 Å². The second-order valence-corrected chi connectivity index (χ2v) is 12.9. The summed E-state index contributed by atoms with van der Waals surface area (Å²) in [6.07, 6.45) is 9.87. The van der Waals surface area contributed by atoms with Gasteiger partial charge >= 0.3 is 11.8 Å². The number of carbonyl (C=O) groups excluding carboxylic acids is 2. The van der Waals surface area contributed by atoms with Crippen LogP contribution in [0.5, 0.6) is 0 Å². The average Bonchev–Trinajstić information content (AvgIpc) is 3.69. The fourth-order valence-corrected chi connectivity index (χ4v) is 9.22. The number of hydrogen-bond acceptors (Lipinski definition) is 7. The van der Waals surface area contributed by atoms with Crippen molar-refractivity contribution in [3.63, 3.8) is 0 Å². The standard InChI is InChI=1S/C29H38N5O2S/c1-30-29-11-10-19(16-29)24-25(29)28(36)34(27(24)35)18-21-7-3-2-6-20(21)17-32-12-14-33(15-13-32)26-22-8-4-5-9-23(22)37-31-26/h4-5,8-9,18-21,24-25,30H,2-3,6-7,10-17H2,1H3/q+1. The van der Waals surface area contributed by atoms with Crippen LogP contribution in [0.4, 0.5) is 5.82 Å². The van der Waals surface area contributed by atoms with Crippen LogP contribution in [0.2, 0.25) is 0 Å². The predicted molar refractivity (Wildman–Crippen MR) is 146 cm³/mol. The van der Waals surface area contributed by atoms with Crippen LogP contribution in [-0.4, -0.2) is 77.2 Å². The van der Waals surface area contributed by atoms with E-state index >= 15 is 0 Å². The smallest absolute Gasteiger partial charge is 0.353 e. The Balaban J connectivity index is 1.04. The van der Waals surface area contributed by atoms with Crippen molar-refractivity contribution in [1.82, 2.24) is 14.6 Å². The number of anilines is 1. The number of nitrogens with zero attached hydrogens (tertiary/aromatic N) is 4. The Morgan fingerprint density at radius 2 is 1.92 bits per heavy atom. The van der Waals surface area contributed by atoms with Crippen LogP contribution in [0.25, 0.3) is 10.1 Å². The van der Waals surface area contributed by atoms with E-state index in [0.717, 1.165) is 64.2 Å². The Hall–Kier alpha value is -2.16. The summed E-state index contributed by atoms with van der Waals surface area (Å²) >= 11 is 1.59. The summed E-state index contributed by atoms with van der Waals surface area (Å²) in [6, 6.07) is 8.52. The number of hydrogen-bond donors (Lipinski definition) is 1. The molecule has 6 atom stereocenters. The van der Waals surface area contributed by atoms with Crippen LogP contribution in [0.3, 0.4) is 0 Å². The third-order valence-electron chi connectivity index (χ3n) is 10.4. The van der Waals surface area contributed by atoms with Gasteiger partial charge in [0.25, 0.3) is 0 Å². The molecule has 196 valence electrons. The Morgan fingerprint density at radius 3 is 2.76 bits per heavy atom. The molecule has 2 saturated heterocycles. The Bertz CT molecular complexity index is 1250. The van der Waals surface area contributed by atoms with Gasteiger partial charge in [0.15, 0.2) is 6.21 Å². The first-order valence-electron chi connectivity index (χ1n) is 14.3. The molecule has 3 heterocycles. The first-order chi connectivity index (χ1) is 18.1. The highest BCUT2D eigenvalue weighted by Gasteiger charge is 2.71. The molecule has 5 aliphatic rings. The highest BCUT2D eigenvalue weighted by Crippen LogP contribution is 2.57. The van der Waals surface area contributed by atoms with Crippen LogP contribution in [0, 0.1) is 29.6 Å². The Kier molecular flexibility index (Phi) is 5.97. The zero-order chi connectivity index (χ0) is 25.1. The van der Waals surface area contributed by atoms with Crippen molar-refractivity contribution >= 4 is 45.5 Å². The summed E-state index contributed by atoms with van der Waals surface area (Å²) in [5, 5.41) is 4.74. The van der Waals surface area contributed by atoms with Gasteiger partial charge in [-0.2, -0.15) is 4.37 Å². The summed E-state index contributed by atoms with van der Waals surface area (Å²) in [7, 11) is 1.97. The number of piperazine rings is 1. The lowest BCUT2D eigenvalue weighted by molar-refractivity contribution is -0.375. The third kappa shape index (κ3) is 3.81. The molecule has 0 radical (unpaired) electrons. The van der Waals surface area contributed by atoms with Crippen molar-refractivity contribution in [2.24, 2.45) is 29.6 Å². The van der Waals surface area contributed by atoms with Crippen LogP contribution in [0.1, 0.15) is 44.9 Å². The van der Waals surface area contributed by atoms with E-state index in [-0.39, 0.29) is 29.2 Å². The molecule has 7 rings (SSSR count). The summed E-state index contributed by atoms with van der Waals surface area (Å²) in [5.74, 6) is 2.24.